The normalized spacial score (nSPS) is 20.1. The van der Waals surface area contributed by atoms with Crippen LogP contribution in [0.15, 0.2) is 10.9 Å². The van der Waals surface area contributed by atoms with Gasteiger partial charge in [0.15, 0.2) is 5.82 Å². The SMILES string of the molecule is Cl.NC1(c2ncon2)CCC1. The summed E-state index contributed by atoms with van der Waals surface area (Å²) in [5, 5.41) is 3.70. The summed E-state index contributed by atoms with van der Waals surface area (Å²) in [7, 11) is 0. The summed E-state index contributed by atoms with van der Waals surface area (Å²) in [6.45, 7) is 0. The van der Waals surface area contributed by atoms with Crippen LogP contribution in [0.2, 0.25) is 0 Å². The molecule has 1 aliphatic carbocycles. The van der Waals surface area contributed by atoms with E-state index in [0.717, 1.165) is 12.8 Å². The molecule has 1 aromatic rings. The van der Waals surface area contributed by atoms with Crippen molar-refractivity contribution < 1.29 is 4.52 Å². The summed E-state index contributed by atoms with van der Waals surface area (Å²) in [6, 6.07) is 0. The van der Waals surface area contributed by atoms with Crippen molar-refractivity contribution in [3.63, 3.8) is 0 Å². The second-order valence-electron chi connectivity index (χ2n) is 2.76. The van der Waals surface area contributed by atoms with E-state index in [9.17, 15) is 0 Å². The minimum absolute atomic E-state index is 0. The van der Waals surface area contributed by atoms with Crippen molar-refractivity contribution in [3.8, 4) is 0 Å². The fourth-order valence-electron chi connectivity index (χ4n) is 1.17. The number of rotatable bonds is 1. The fourth-order valence-corrected chi connectivity index (χ4v) is 1.17. The lowest BCUT2D eigenvalue weighted by Gasteiger charge is -2.34. The molecule has 62 valence electrons. The van der Waals surface area contributed by atoms with Gasteiger partial charge < -0.3 is 10.3 Å². The average Bonchev–Trinajstić information content (AvgIpc) is 2.33. The van der Waals surface area contributed by atoms with E-state index in [1.54, 1.807) is 0 Å². The standard InChI is InChI=1S/C6H9N3O.ClH/c7-6(2-1-3-6)5-8-4-10-9-5;/h4H,1-3,7H2;1H. The first-order valence-corrected chi connectivity index (χ1v) is 3.37. The Labute approximate surface area is 70.6 Å². The van der Waals surface area contributed by atoms with Crippen LogP contribution in [0, 0.1) is 0 Å². The van der Waals surface area contributed by atoms with Gasteiger partial charge in [-0.25, -0.2) is 0 Å². The molecule has 0 amide bonds. The number of hydrogen-bond acceptors (Lipinski definition) is 4. The maximum Gasteiger partial charge on any atom is 0.213 e. The van der Waals surface area contributed by atoms with Gasteiger partial charge in [0, 0.05) is 0 Å². The molecule has 2 N–H and O–H groups in total. The maximum absolute atomic E-state index is 5.88. The lowest BCUT2D eigenvalue weighted by molar-refractivity contribution is 0.229. The Hall–Kier alpha value is -0.610. The Morgan fingerprint density at radius 3 is 2.64 bits per heavy atom. The van der Waals surface area contributed by atoms with Gasteiger partial charge in [0.2, 0.25) is 6.39 Å². The Morgan fingerprint density at radius 2 is 2.27 bits per heavy atom. The van der Waals surface area contributed by atoms with Crippen molar-refractivity contribution >= 4 is 12.4 Å². The van der Waals surface area contributed by atoms with Crippen molar-refractivity contribution in [1.29, 1.82) is 0 Å². The zero-order valence-corrected chi connectivity index (χ0v) is 6.80. The smallest absolute Gasteiger partial charge is 0.213 e. The molecule has 0 aromatic carbocycles. The van der Waals surface area contributed by atoms with Crippen LogP contribution in [0.3, 0.4) is 0 Å². The topological polar surface area (TPSA) is 64.9 Å². The molecule has 1 saturated carbocycles. The first-order chi connectivity index (χ1) is 4.81. The van der Waals surface area contributed by atoms with Gasteiger partial charge in [0.25, 0.3) is 0 Å². The van der Waals surface area contributed by atoms with Gasteiger partial charge in [-0.05, 0) is 19.3 Å². The van der Waals surface area contributed by atoms with E-state index in [4.69, 9.17) is 5.73 Å². The average molecular weight is 176 g/mol. The first-order valence-electron chi connectivity index (χ1n) is 3.37. The van der Waals surface area contributed by atoms with Crippen LogP contribution in [0.4, 0.5) is 0 Å². The summed E-state index contributed by atoms with van der Waals surface area (Å²) < 4.78 is 4.60. The molecule has 11 heavy (non-hydrogen) atoms. The van der Waals surface area contributed by atoms with Gasteiger partial charge in [-0.3, -0.25) is 0 Å². The number of hydrogen-bond donors (Lipinski definition) is 1. The van der Waals surface area contributed by atoms with Gasteiger partial charge in [-0.15, -0.1) is 12.4 Å². The lowest BCUT2D eigenvalue weighted by Crippen LogP contribution is -2.44. The number of aromatic nitrogens is 2. The quantitative estimate of drug-likeness (QED) is 0.687. The van der Waals surface area contributed by atoms with Gasteiger partial charge in [0.05, 0.1) is 5.54 Å². The van der Waals surface area contributed by atoms with E-state index < -0.39 is 0 Å². The Balaban J connectivity index is 0.000000605. The summed E-state index contributed by atoms with van der Waals surface area (Å²) in [4.78, 5) is 3.91. The molecule has 0 aliphatic heterocycles. The molecule has 0 saturated heterocycles. The molecular weight excluding hydrogens is 166 g/mol. The second kappa shape index (κ2) is 2.79. The van der Waals surface area contributed by atoms with Gasteiger partial charge >= 0.3 is 0 Å². The van der Waals surface area contributed by atoms with Crippen LogP contribution >= 0.6 is 12.4 Å². The van der Waals surface area contributed by atoms with Crippen molar-refractivity contribution in [3.05, 3.63) is 12.2 Å². The highest BCUT2D eigenvalue weighted by molar-refractivity contribution is 5.85. The molecule has 0 spiro atoms. The van der Waals surface area contributed by atoms with E-state index in [-0.39, 0.29) is 17.9 Å². The van der Waals surface area contributed by atoms with E-state index in [0.29, 0.717) is 5.82 Å². The van der Waals surface area contributed by atoms with Crippen molar-refractivity contribution in [2.24, 2.45) is 5.73 Å². The molecule has 0 atom stereocenters. The van der Waals surface area contributed by atoms with E-state index >= 15 is 0 Å². The Morgan fingerprint density at radius 1 is 1.55 bits per heavy atom. The van der Waals surface area contributed by atoms with Crippen LogP contribution in [-0.4, -0.2) is 10.1 Å². The van der Waals surface area contributed by atoms with E-state index in [1.165, 1.54) is 12.8 Å². The molecule has 0 unspecified atom stereocenters. The minimum Gasteiger partial charge on any atom is -0.343 e. The Bertz CT molecular complexity index is 220. The molecule has 1 aliphatic rings. The molecule has 4 nitrogen and oxygen atoms in total. The van der Waals surface area contributed by atoms with Gasteiger partial charge in [-0.1, -0.05) is 5.16 Å². The monoisotopic (exact) mass is 175 g/mol. The van der Waals surface area contributed by atoms with Crippen LogP contribution < -0.4 is 5.73 Å². The van der Waals surface area contributed by atoms with Crippen molar-refractivity contribution in [2.45, 2.75) is 24.8 Å². The molecule has 2 rings (SSSR count). The van der Waals surface area contributed by atoms with E-state index in [2.05, 4.69) is 14.7 Å². The zero-order valence-electron chi connectivity index (χ0n) is 5.99. The predicted octanol–water partition coefficient (Wildman–Crippen LogP) is 0.829. The highest BCUT2D eigenvalue weighted by Gasteiger charge is 2.38. The summed E-state index contributed by atoms with van der Waals surface area (Å²) in [6.07, 6.45) is 4.45. The Kier molecular flexibility index (Phi) is 2.15. The summed E-state index contributed by atoms with van der Waals surface area (Å²) >= 11 is 0. The zero-order chi connectivity index (χ0) is 7.03. The second-order valence-corrected chi connectivity index (χ2v) is 2.76. The minimum atomic E-state index is -0.271. The third-order valence-corrected chi connectivity index (χ3v) is 2.05. The van der Waals surface area contributed by atoms with Crippen LogP contribution in [0.5, 0.6) is 0 Å². The van der Waals surface area contributed by atoms with Crippen LogP contribution in [0.25, 0.3) is 0 Å². The molecular formula is C6H10ClN3O. The number of halogens is 1. The maximum atomic E-state index is 5.88. The third-order valence-electron chi connectivity index (χ3n) is 2.05. The molecule has 0 bridgehead atoms. The van der Waals surface area contributed by atoms with Crippen molar-refractivity contribution in [1.82, 2.24) is 10.1 Å². The van der Waals surface area contributed by atoms with Crippen LogP contribution in [0.1, 0.15) is 25.1 Å². The molecule has 1 aromatic heterocycles. The predicted molar refractivity (Wildman–Crippen MR) is 41.3 cm³/mol. The highest BCUT2D eigenvalue weighted by atomic mass is 35.5. The highest BCUT2D eigenvalue weighted by Crippen LogP contribution is 2.36. The first kappa shape index (κ1) is 8.49. The largest absolute Gasteiger partial charge is 0.343 e. The molecule has 1 heterocycles. The molecule has 5 heteroatoms. The summed E-state index contributed by atoms with van der Waals surface area (Å²) in [5.41, 5.74) is 5.61. The van der Waals surface area contributed by atoms with Gasteiger partial charge in [0.1, 0.15) is 0 Å². The lowest BCUT2D eigenvalue weighted by atomic mass is 9.77. The van der Waals surface area contributed by atoms with Crippen molar-refractivity contribution in [2.75, 3.05) is 0 Å². The fraction of sp³-hybridized carbons (Fsp3) is 0.667. The molecule has 1 fully saturated rings. The number of nitrogens with zero attached hydrogens (tertiary/aromatic N) is 2. The van der Waals surface area contributed by atoms with E-state index in [1.807, 2.05) is 0 Å². The number of nitrogens with two attached hydrogens (primary N) is 1. The van der Waals surface area contributed by atoms with Gasteiger partial charge in [-0.2, -0.15) is 4.98 Å². The molecule has 0 radical (unpaired) electrons. The van der Waals surface area contributed by atoms with Crippen LogP contribution in [-0.2, 0) is 5.54 Å². The third kappa shape index (κ3) is 1.23. The summed E-state index contributed by atoms with van der Waals surface area (Å²) in [5.74, 6) is 0.652.